The summed E-state index contributed by atoms with van der Waals surface area (Å²) in [5.74, 6) is 0.793. The Morgan fingerprint density at radius 2 is 1.90 bits per heavy atom. The lowest BCUT2D eigenvalue weighted by molar-refractivity contribution is 0.458. The molecule has 0 radical (unpaired) electrons. The molecular weight excluding hydrogens is 248 g/mol. The molecule has 1 aromatic heterocycles. The van der Waals surface area contributed by atoms with E-state index < -0.39 is 0 Å². The summed E-state index contributed by atoms with van der Waals surface area (Å²) in [5, 5.41) is 13.1. The Balaban J connectivity index is 1.78. The molecule has 0 aliphatic heterocycles. The summed E-state index contributed by atoms with van der Waals surface area (Å²) in [6.07, 6.45) is 1.07. The van der Waals surface area contributed by atoms with Crippen LogP contribution < -0.4 is 5.32 Å². The number of hydrogen-bond acceptors (Lipinski definition) is 3. The summed E-state index contributed by atoms with van der Waals surface area (Å²) < 4.78 is 0. The van der Waals surface area contributed by atoms with E-state index in [1.165, 1.54) is 5.56 Å². The third-order valence-corrected chi connectivity index (χ3v) is 3.50. The molecule has 1 aromatic carbocycles. The fourth-order valence-electron chi connectivity index (χ4n) is 2.21. The molecule has 1 heterocycles. The summed E-state index contributed by atoms with van der Waals surface area (Å²) in [5.41, 5.74) is 3.01. The van der Waals surface area contributed by atoms with Crippen molar-refractivity contribution in [1.82, 2.24) is 10.3 Å². The molecule has 0 saturated heterocycles. The molecular formula is C17H22N2O. The number of hydrogen-bond donors (Lipinski definition) is 2. The molecule has 0 bridgehead atoms. The molecule has 1 unspecified atom stereocenters. The van der Waals surface area contributed by atoms with Gasteiger partial charge >= 0.3 is 0 Å². The van der Waals surface area contributed by atoms with Crippen LogP contribution in [0.4, 0.5) is 0 Å². The van der Waals surface area contributed by atoms with Crippen molar-refractivity contribution >= 4 is 0 Å². The Hall–Kier alpha value is -1.87. The van der Waals surface area contributed by atoms with Crippen molar-refractivity contribution in [3.05, 3.63) is 59.4 Å². The van der Waals surface area contributed by atoms with Gasteiger partial charge in [-0.1, -0.05) is 37.3 Å². The lowest BCUT2D eigenvalue weighted by atomic mass is 9.98. The van der Waals surface area contributed by atoms with Gasteiger partial charge in [0, 0.05) is 12.2 Å². The first-order chi connectivity index (χ1) is 9.66. The third kappa shape index (κ3) is 4.07. The highest BCUT2D eigenvalue weighted by atomic mass is 16.3. The Morgan fingerprint density at radius 3 is 2.65 bits per heavy atom. The molecule has 2 N–H and O–H groups in total. The van der Waals surface area contributed by atoms with Crippen LogP contribution in [0.3, 0.4) is 0 Å². The van der Waals surface area contributed by atoms with Crippen LogP contribution in [0.2, 0.25) is 0 Å². The minimum Gasteiger partial charge on any atom is -0.506 e. The highest BCUT2D eigenvalue weighted by Gasteiger charge is 2.06. The second-order valence-corrected chi connectivity index (χ2v) is 5.20. The van der Waals surface area contributed by atoms with Crippen LogP contribution in [0.1, 0.15) is 36.2 Å². The van der Waals surface area contributed by atoms with E-state index in [9.17, 15) is 5.11 Å². The molecule has 1 atom stereocenters. The van der Waals surface area contributed by atoms with Crippen LogP contribution in [0.5, 0.6) is 5.75 Å². The van der Waals surface area contributed by atoms with Crippen molar-refractivity contribution < 1.29 is 5.11 Å². The molecule has 20 heavy (non-hydrogen) atoms. The van der Waals surface area contributed by atoms with E-state index in [-0.39, 0.29) is 5.75 Å². The van der Waals surface area contributed by atoms with Crippen molar-refractivity contribution in [2.75, 3.05) is 6.54 Å². The fourth-order valence-corrected chi connectivity index (χ4v) is 2.21. The smallest absolute Gasteiger partial charge is 0.138 e. The largest absolute Gasteiger partial charge is 0.506 e. The number of aromatic hydroxyl groups is 1. The number of pyridine rings is 1. The topological polar surface area (TPSA) is 45.1 Å². The molecule has 2 aromatic rings. The lowest BCUT2D eigenvalue weighted by Gasteiger charge is -2.12. The predicted molar refractivity (Wildman–Crippen MR) is 81.8 cm³/mol. The number of benzene rings is 1. The predicted octanol–water partition coefficient (Wildman–Crippen LogP) is 3.38. The summed E-state index contributed by atoms with van der Waals surface area (Å²) in [6.45, 7) is 5.68. The lowest BCUT2D eigenvalue weighted by Crippen LogP contribution is -2.17. The maximum absolute atomic E-state index is 9.72. The van der Waals surface area contributed by atoms with Crippen molar-refractivity contribution in [2.45, 2.75) is 32.7 Å². The summed E-state index contributed by atoms with van der Waals surface area (Å²) >= 11 is 0. The Kier molecular flexibility index (Phi) is 5.13. The maximum atomic E-state index is 9.72. The molecule has 0 aliphatic carbocycles. The molecule has 0 amide bonds. The van der Waals surface area contributed by atoms with Crippen LogP contribution in [-0.2, 0) is 6.54 Å². The normalized spacial score (nSPS) is 12.3. The Labute approximate surface area is 120 Å². The van der Waals surface area contributed by atoms with E-state index in [1.807, 2.05) is 19.1 Å². The minimum absolute atomic E-state index is 0.263. The van der Waals surface area contributed by atoms with Crippen LogP contribution in [0.15, 0.2) is 42.5 Å². The van der Waals surface area contributed by atoms with Crippen molar-refractivity contribution in [2.24, 2.45) is 0 Å². The first kappa shape index (κ1) is 14.5. The monoisotopic (exact) mass is 270 g/mol. The van der Waals surface area contributed by atoms with Crippen molar-refractivity contribution in [1.29, 1.82) is 0 Å². The van der Waals surface area contributed by atoms with E-state index in [4.69, 9.17) is 0 Å². The number of rotatable bonds is 6. The van der Waals surface area contributed by atoms with Crippen LogP contribution >= 0.6 is 0 Å². The maximum Gasteiger partial charge on any atom is 0.138 e. The highest BCUT2D eigenvalue weighted by Crippen LogP contribution is 2.18. The fraction of sp³-hybridized carbons (Fsp3) is 0.353. The number of aromatic nitrogens is 1. The van der Waals surface area contributed by atoms with Crippen LogP contribution in [0, 0.1) is 6.92 Å². The van der Waals surface area contributed by atoms with Gasteiger partial charge in [0.25, 0.3) is 0 Å². The third-order valence-electron chi connectivity index (χ3n) is 3.50. The van der Waals surface area contributed by atoms with Gasteiger partial charge in [0.05, 0.1) is 5.69 Å². The average Bonchev–Trinajstić information content (AvgIpc) is 2.47. The minimum atomic E-state index is 0.263. The van der Waals surface area contributed by atoms with Crippen molar-refractivity contribution in [3.63, 3.8) is 0 Å². The SMILES string of the molecule is Cc1ccc(O)c(CNCCC(C)c2ccccc2)n1. The van der Waals surface area contributed by atoms with Gasteiger partial charge in [0.1, 0.15) is 5.75 Å². The molecule has 106 valence electrons. The zero-order valence-electron chi connectivity index (χ0n) is 12.1. The number of nitrogens with one attached hydrogen (secondary N) is 1. The van der Waals surface area contributed by atoms with Gasteiger partial charge in [-0.25, -0.2) is 0 Å². The Morgan fingerprint density at radius 1 is 1.15 bits per heavy atom. The molecule has 2 rings (SSSR count). The number of nitrogens with zero attached hydrogens (tertiary/aromatic N) is 1. The summed E-state index contributed by atoms with van der Waals surface area (Å²) in [4.78, 5) is 4.34. The van der Waals surface area contributed by atoms with Gasteiger partial charge in [-0.05, 0) is 43.5 Å². The second-order valence-electron chi connectivity index (χ2n) is 5.20. The zero-order chi connectivity index (χ0) is 14.4. The second kappa shape index (κ2) is 7.06. The quantitative estimate of drug-likeness (QED) is 0.791. The zero-order valence-corrected chi connectivity index (χ0v) is 12.1. The Bertz CT molecular complexity index is 540. The molecule has 0 spiro atoms. The highest BCUT2D eigenvalue weighted by molar-refractivity contribution is 5.27. The summed E-state index contributed by atoms with van der Waals surface area (Å²) in [7, 11) is 0. The van der Waals surface area contributed by atoms with Gasteiger partial charge in [0.15, 0.2) is 0 Å². The number of aryl methyl sites for hydroxylation is 1. The van der Waals surface area contributed by atoms with Gasteiger partial charge in [-0.15, -0.1) is 0 Å². The molecule has 0 saturated carbocycles. The first-order valence-corrected chi connectivity index (χ1v) is 7.08. The van der Waals surface area contributed by atoms with Crippen molar-refractivity contribution in [3.8, 4) is 5.75 Å². The molecule has 3 heteroatoms. The standard InChI is InChI=1S/C17H22N2O/c1-13(15-6-4-3-5-7-15)10-11-18-12-16-17(20)9-8-14(2)19-16/h3-9,13,18,20H,10-12H2,1-2H3. The van der Waals surface area contributed by atoms with E-state index in [1.54, 1.807) is 6.07 Å². The molecule has 0 fully saturated rings. The van der Waals surface area contributed by atoms with E-state index in [0.717, 1.165) is 24.4 Å². The summed E-state index contributed by atoms with van der Waals surface area (Å²) in [6, 6.07) is 14.0. The van der Waals surface area contributed by atoms with Gasteiger partial charge < -0.3 is 10.4 Å². The molecule has 3 nitrogen and oxygen atoms in total. The van der Waals surface area contributed by atoms with E-state index in [2.05, 4.69) is 41.5 Å². The van der Waals surface area contributed by atoms with Crippen LogP contribution in [0.25, 0.3) is 0 Å². The van der Waals surface area contributed by atoms with E-state index >= 15 is 0 Å². The van der Waals surface area contributed by atoms with Gasteiger partial charge in [-0.3, -0.25) is 4.98 Å². The molecule has 0 aliphatic rings. The average molecular weight is 270 g/mol. The van der Waals surface area contributed by atoms with Crippen LogP contribution in [-0.4, -0.2) is 16.6 Å². The van der Waals surface area contributed by atoms with Gasteiger partial charge in [-0.2, -0.15) is 0 Å². The van der Waals surface area contributed by atoms with E-state index in [0.29, 0.717) is 12.5 Å². The first-order valence-electron chi connectivity index (χ1n) is 7.08. The van der Waals surface area contributed by atoms with Gasteiger partial charge in [0.2, 0.25) is 0 Å².